The summed E-state index contributed by atoms with van der Waals surface area (Å²) in [6, 6.07) is 0. The third-order valence-electron chi connectivity index (χ3n) is 13.3. The van der Waals surface area contributed by atoms with Crippen LogP contribution in [-0.2, 0) is 44.6 Å². The first-order valence-corrected chi connectivity index (χ1v) is 20.1. The minimum Gasteiger partial charge on any atom is -0.380 e. The summed E-state index contributed by atoms with van der Waals surface area (Å²) in [6.07, 6.45) is -10.7. The molecule has 0 bridgehead atoms. The summed E-state index contributed by atoms with van der Waals surface area (Å²) in [4.78, 5) is 0. The average molecular weight is 944 g/mol. The fourth-order valence-electron chi connectivity index (χ4n) is 9.70. The molecule has 0 radical (unpaired) electrons. The molecule has 352 valence electrons. The van der Waals surface area contributed by atoms with Gasteiger partial charge in [0.2, 0.25) is 0 Å². The van der Waals surface area contributed by atoms with Crippen molar-refractivity contribution in [3.8, 4) is 0 Å². The standard InChI is InChI=1S/C44H36BF16O4/c1-41(9-62-10-41)5-17-25(46)33(54)21(34(55)26(17)47)45(22-35(56)27(48)18(28(49)36(22)57)6-42(2)11-63-12-42,23-37(58)29(50)19(30(51)38(23)59)7-43(3)13-64-14-43)24-39(60)31(52)20(32(53)40(24)61)8-44(4)15-65-16-44/h5-16H2,1-4H3/q-1. The van der Waals surface area contributed by atoms with E-state index in [0.29, 0.717) is 0 Å². The first-order chi connectivity index (χ1) is 30.3. The Balaban J connectivity index is 1.61. The van der Waals surface area contributed by atoms with Crippen LogP contribution in [0.2, 0.25) is 0 Å². The molecule has 4 aliphatic heterocycles. The third kappa shape index (κ3) is 7.06. The Labute approximate surface area is 360 Å². The van der Waals surface area contributed by atoms with Crippen molar-refractivity contribution in [3.63, 3.8) is 0 Å². The zero-order chi connectivity index (χ0) is 47.7. The Morgan fingerprint density at radius 1 is 0.277 bits per heavy atom. The molecule has 0 saturated carbocycles. The van der Waals surface area contributed by atoms with Gasteiger partial charge in [-0.3, -0.25) is 0 Å². The zero-order valence-electron chi connectivity index (χ0n) is 34.7. The molecule has 8 rings (SSSR count). The highest BCUT2D eigenvalue weighted by Gasteiger charge is 2.53. The summed E-state index contributed by atoms with van der Waals surface area (Å²) >= 11 is 0. The molecule has 21 heteroatoms. The molecular weight excluding hydrogens is 907 g/mol. The Hall–Kier alpha value is -4.34. The van der Waals surface area contributed by atoms with Gasteiger partial charge in [-0.2, -0.15) is 0 Å². The van der Waals surface area contributed by atoms with Crippen LogP contribution in [0.4, 0.5) is 70.2 Å². The van der Waals surface area contributed by atoms with E-state index in [2.05, 4.69) is 0 Å². The van der Waals surface area contributed by atoms with Crippen LogP contribution >= 0.6 is 0 Å². The molecule has 4 aromatic rings. The van der Waals surface area contributed by atoms with Crippen LogP contribution in [0.25, 0.3) is 0 Å². The normalized spacial score (nSPS) is 19.4. The number of hydrogen-bond donors (Lipinski definition) is 0. The molecule has 4 nitrogen and oxygen atoms in total. The van der Waals surface area contributed by atoms with Crippen LogP contribution in [0.5, 0.6) is 0 Å². The Morgan fingerprint density at radius 2 is 0.415 bits per heavy atom. The summed E-state index contributed by atoms with van der Waals surface area (Å²) in [7, 11) is 0. The Bertz CT molecular complexity index is 2200. The van der Waals surface area contributed by atoms with Crippen LogP contribution < -0.4 is 21.9 Å². The quantitative estimate of drug-likeness (QED) is 0.0834. The van der Waals surface area contributed by atoms with Crippen molar-refractivity contribution in [2.45, 2.75) is 53.4 Å². The van der Waals surface area contributed by atoms with Crippen molar-refractivity contribution in [2.24, 2.45) is 21.7 Å². The molecule has 0 aliphatic carbocycles. The number of hydrogen-bond acceptors (Lipinski definition) is 4. The van der Waals surface area contributed by atoms with Crippen LogP contribution in [0.1, 0.15) is 49.9 Å². The van der Waals surface area contributed by atoms with Crippen molar-refractivity contribution in [2.75, 3.05) is 52.9 Å². The monoisotopic (exact) mass is 943 g/mol. The van der Waals surface area contributed by atoms with Gasteiger partial charge in [-0.1, -0.05) is 27.7 Å². The fourth-order valence-corrected chi connectivity index (χ4v) is 9.70. The van der Waals surface area contributed by atoms with Gasteiger partial charge in [0, 0.05) is 43.9 Å². The fraction of sp³-hybridized carbons (Fsp3) is 0.455. The summed E-state index contributed by atoms with van der Waals surface area (Å²) in [5.41, 5.74) is -23.4. The molecule has 4 aromatic carbocycles. The van der Waals surface area contributed by atoms with Crippen molar-refractivity contribution >= 4 is 28.0 Å². The van der Waals surface area contributed by atoms with Crippen LogP contribution in [0, 0.1) is 115 Å². The van der Waals surface area contributed by atoms with Crippen molar-refractivity contribution in [1.29, 1.82) is 0 Å². The highest BCUT2D eigenvalue weighted by molar-refractivity contribution is 7.20. The van der Waals surface area contributed by atoms with Gasteiger partial charge in [0.25, 0.3) is 0 Å². The lowest BCUT2D eigenvalue weighted by Crippen LogP contribution is -2.81. The number of rotatable bonds is 12. The molecule has 4 aliphatic rings. The van der Waals surface area contributed by atoms with E-state index >= 15 is 70.2 Å². The van der Waals surface area contributed by atoms with E-state index in [0.717, 1.165) is 0 Å². The summed E-state index contributed by atoms with van der Waals surface area (Å²) in [5, 5.41) is 0. The first-order valence-electron chi connectivity index (χ1n) is 20.1. The summed E-state index contributed by atoms with van der Waals surface area (Å²) < 4.78 is 291. The highest BCUT2D eigenvalue weighted by Crippen LogP contribution is 2.40. The van der Waals surface area contributed by atoms with Gasteiger partial charge in [0.15, 0.2) is 46.5 Å². The molecule has 4 heterocycles. The third-order valence-corrected chi connectivity index (χ3v) is 13.3. The van der Waals surface area contributed by atoms with Gasteiger partial charge in [-0.05, 0) is 25.7 Å². The van der Waals surface area contributed by atoms with Gasteiger partial charge in [-0.25, -0.2) is 70.2 Å². The Kier molecular flexibility index (Phi) is 11.5. The second-order valence-corrected chi connectivity index (χ2v) is 19.4. The summed E-state index contributed by atoms with van der Waals surface area (Å²) in [5.74, 6) is -45.5. The lowest BCUT2D eigenvalue weighted by Gasteiger charge is -2.46. The lowest BCUT2D eigenvalue weighted by atomic mass is 9.12. The second-order valence-electron chi connectivity index (χ2n) is 19.4. The molecule has 0 aromatic heterocycles. The minimum atomic E-state index is -6.76. The first kappa shape index (κ1) is 47.2. The molecule has 4 saturated heterocycles. The van der Waals surface area contributed by atoms with E-state index in [1.54, 1.807) is 0 Å². The largest absolute Gasteiger partial charge is 0.380 e. The van der Waals surface area contributed by atoms with E-state index in [-0.39, 0.29) is 52.9 Å². The smallest absolute Gasteiger partial charge is 0.161 e. The van der Waals surface area contributed by atoms with Crippen LogP contribution in [0.15, 0.2) is 0 Å². The van der Waals surface area contributed by atoms with E-state index < -0.39 is 191 Å². The minimum absolute atomic E-state index is 0.295. The average Bonchev–Trinajstić information content (AvgIpc) is 3.21. The molecular formula is C44H36BF16O4-. The molecule has 0 amide bonds. The molecule has 65 heavy (non-hydrogen) atoms. The molecule has 0 unspecified atom stereocenters. The summed E-state index contributed by atoms with van der Waals surface area (Å²) in [6.45, 7) is 2.82. The second kappa shape index (κ2) is 15.9. The highest BCUT2D eigenvalue weighted by atomic mass is 19.2. The predicted octanol–water partition coefficient (Wildman–Crippen LogP) is 7.61. The zero-order valence-corrected chi connectivity index (χ0v) is 34.7. The molecule has 0 N–H and O–H groups in total. The van der Waals surface area contributed by atoms with E-state index in [1.807, 2.05) is 0 Å². The van der Waals surface area contributed by atoms with Gasteiger partial charge in [0.1, 0.15) is 52.7 Å². The SMILES string of the molecule is CC1(Cc2c(F)c(F)c([B-](c3c(F)c(F)c(CC4(C)COC4)c(F)c3F)(c3c(F)c(F)c(CC4(C)COC4)c(F)c3F)c3c(F)c(F)c(CC4(C)COC4)c(F)c3F)c(F)c2F)COC1. The predicted molar refractivity (Wildman–Crippen MR) is 200 cm³/mol. The number of benzene rings is 4. The number of halogens is 16. The van der Waals surface area contributed by atoms with E-state index in [1.165, 1.54) is 27.7 Å². The van der Waals surface area contributed by atoms with Crippen molar-refractivity contribution in [1.82, 2.24) is 0 Å². The lowest BCUT2D eigenvalue weighted by molar-refractivity contribution is -0.101. The van der Waals surface area contributed by atoms with Gasteiger partial charge < -0.3 is 18.9 Å². The maximum Gasteiger partial charge on any atom is 0.161 e. The van der Waals surface area contributed by atoms with Gasteiger partial charge in [0.05, 0.1) is 52.9 Å². The van der Waals surface area contributed by atoms with Crippen LogP contribution in [0.3, 0.4) is 0 Å². The van der Waals surface area contributed by atoms with Gasteiger partial charge >= 0.3 is 0 Å². The van der Waals surface area contributed by atoms with Crippen molar-refractivity contribution < 1.29 is 89.2 Å². The molecule has 4 fully saturated rings. The maximum atomic E-state index is 17.3. The Morgan fingerprint density at radius 3 is 0.523 bits per heavy atom. The maximum absolute atomic E-state index is 17.3. The topological polar surface area (TPSA) is 36.9 Å². The van der Waals surface area contributed by atoms with E-state index in [4.69, 9.17) is 18.9 Å². The van der Waals surface area contributed by atoms with Crippen LogP contribution in [-0.4, -0.2) is 59.0 Å². The van der Waals surface area contributed by atoms with Gasteiger partial charge in [-0.15, -0.1) is 21.9 Å². The number of ether oxygens (including phenoxy) is 4. The molecule has 0 spiro atoms. The van der Waals surface area contributed by atoms with Crippen molar-refractivity contribution in [3.05, 3.63) is 115 Å². The van der Waals surface area contributed by atoms with E-state index in [9.17, 15) is 0 Å². The molecule has 0 atom stereocenters.